The highest BCUT2D eigenvalue weighted by Gasteiger charge is 2.16. The van der Waals surface area contributed by atoms with Crippen molar-refractivity contribution in [3.8, 4) is 5.75 Å². The van der Waals surface area contributed by atoms with Gasteiger partial charge in [0.15, 0.2) is 12.4 Å². The van der Waals surface area contributed by atoms with E-state index in [1.165, 1.54) is 18.0 Å². The second-order valence-corrected chi connectivity index (χ2v) is 9.16. The van der Waals surface area contributed by atoms with Crippen LogP contribution in [0.4, 0.5) is 0 Å². The van der Waals surface area contributed by atoms with Crippen LogP contribution in [0.15, 0.2) is 49.2 Å². The van der Waals surface area contributed by atoms with Gasteiger partial charge in [-0.2, -0.15) is 9.78 Å². The molecule has 0 unspecified atom stereocenters. The van der Waals surface area contributed by atoms with Crippen LogP contribution in [0.5, 0.6) is 5.75 Å². The highest BCUT2D eigenvalue weighted by molar-refractivity contribution is 9.10. The molecule has 0 fully saturated rings. The number of carbonyl (C=O) groups is 1. The summed E-state index contributed by atoms with van der Waals surface area (Å²) in [6.45, 7) is 3.76. The first kappa shape index (κ1) is 24.4. The summed E-state index contributed by atoms with van der Waals surface area (Å²) in [5.74, 6) is 0.388. The van der Waals surface area contributed by atoms with E-state index in [1.807, 2.05) is 26.0 Å². The number of aromatic nitrogens is 2. The van der Waals surface area contributed by atoms with Crippen molar-refractivity contribution < 1.29 is 14.3 Å². The van der Waals surface area contributed by atoms with Crippen molar-refractivity contribution >= 4 is 66.5 Å². The second-order valence-electron chi connectivity index (χ2n) is 6.98. The molecule has 10 heteroatoms. The Morgan fingerprint density at radius 3 is 2.72 bits per heavy atom. The summed E-state index contributed by atoms with van der Waals surface area (Å²) in [6, 6.07) is 8.75. The van der Waals surface area contributed by atoms with E-state index >= 15 is 0 Å². The average Bonchev–Trinajstić information content (AvgIpc) is 2.77. The molecule has 0 saturated heterocycles. The number of halogens is 3. The van der Waals surface area contributed by atoms with Gasteiger partial charge in [-0.05, 0) is 58.2 Å². The Hall–Kier alpha value is -2.23. The van der Waals surface area contributed by atoms with Crippen LogP contribution in [-0.2, 0) is 9.53 Å². The number of hydrogen-bond acceptors (Lipinski definition) is 6. The minimum atomic E-state index is -0.522. The number of benzene rings is 2. The SMILES string of the molecule is CC[C@H](C)c1nc2ccc(Br)cc2c(=O)n1N=Cc1cc(Cl)c(OCC(=O)OC)c(Br)c1. The number of ether oxygens (including phenoxy) is 2. The lowest BCUT2D eigenvalue weighted by molar-refractivity contribution is -0.142. The Kier molecular flexibility index (Phi) is 8.08. The summed E-state index contributed by atoms with van der Waals surface area (Å²) in [6.07, 6.45) is 2.33. The van der Waals surface area contributed by atoms with Crippen molar-refractivity contribution in [1.29, 1.82) is 0 Å². The van der Waals surface area contributed by atoms with E-state index in [2.05, 4.69) is 46.7 Å². The molecule has 2 aromatic carbocycles. The summed E-state index contributed by atoms with van der Waals surface area (Å²) in [5.41, 5.74) is 0.993. The Bertz CT molecular complexity index is 1240. The molecule has 168 valence electrons. The number of hydrogen-bond donors (Lipinski definition) is 0. The van der Waals surface area contributed by atoms with Gasteiger partial charge in [0.1, 0.15) is 5.82 Å². The Morgan fingerprint density at radius 1 is 1.31 bits per heavy atom. The van der Waals surface area contributed by atoms with Crippen LogP contribution in [0.2, 0.25) is 5.02 Å². The Balaban J connectivity index is 2.03. The molecule has 1 aromatic heterocycles. The Morgan fingerprint density at radius 2 is 2.06 bits per heavy atom. The molecule has 32 heavy (non-hydrogen) atoms. The molecule has 7 nitrogen and oxygen atoms in total. The largest absolute Gasteiger partial charge is 0.479 e. The monoisotopic (exact) mass is 583 g/mol. The number of esters is 1. The van der Waals surface area contributed by atoms with Gasteiger partial charge in [-0.3, -0.25) is 4.79 Å². The number of methoxy groups -OCH3 is 1. The molecular formula is C22H20Br2ClN3O4. The third kappa shape index (κ3) is 5.39. The van der Waals surface area contributed by atoms with Crippen LogP contribution in [0.3, 0.4) is 0 Å². The highest BCUT2D eigenvalue weighted by atomic mass is 79.9. The van der Waals surface area contributed by atoms with Gasteiger partial charge in [-0.25, -0.2) is 9.78 Å². The molecule has 0 spiro atoms. The summed E-state index contributed by atoms with van der Waals surface area (Å²) in [5, 5.41) is 5.18. The number of nitrogens with zero attached hydrogens (tertiary/aromatic N) is 3. The number of fused-ring (bicyclic) bond motifs is 1. The molecule has 0 bridgehead atoms. The van der Waals surface area contributed by atoms with E-state index in [9.17, 15) is 9.59 Å². The van der Waals surface area contributed by atoms with Gasteiger partial charge >= 0.3 is 5.97 Å². The molecule has 0 N–H and O–H groups in total. The van der Waals surface area contributed by atoms with E-state index in [1.54, 1.807) is 18.2 Å². The normalized spacial score (nSPS) is 12.3. The molecule has 0 aliphatic heterocycles. The molecule has 0 aliphatic rings. The second kappa shape index (κ2) is 10.6. The van der Waals surface area contributed by atoms with Crippen molar-refractivity contribution in [2.75, 3.05) is 13.7 Å². The van der Waals surface area contributed by atoms with Gasteiger partial charge in [-0.1, -0.05) is 41.4 Å². The van der Waals surface area contributed by atoms with Crippen molar-refractivity contribution in [1.82, 2.24) is 9.66 Å². The zero-order valence-electron chi connectivity index (χ0n) is 17.6. The fourth-order valence-electron chi connectivity index (χ4n) is 2.89. The zero-order chi connectivity index (χ0) is 23.4. The average molecular weight is 586 g/mol. The maximum absolute atomic E-state index is 13.2. The third-order valence-corrected chi connectivity index (χ3v) is 6.15. The fourth-order valence-corrected chi connectivity index (χ4v) is 4.24. The Labute approximate surface area is 206 Å². The lowest BCUT2D eigenvalue weighted by atomic mass is 10.1. The minimum Gasteiger partial charge on any atom is -0.479 e. The van der Waals surface area contributed by atoms with Crippen molar-refractivity contribution in [3.63, 3.8) is 0 Å². The van der Waals surface area contributed by atoms with Crippen molar-refractivity contribution in [2.24, 2.45) is 5.10 Å². The van der Waals surface area contributed by atoms with Gasteiger partial charge in [0.25, 0.3) is 5.56 Å². The topological polar surface area (TPSA) is 82.8 Å². The highest BCUT2D eigenvalue weighted by Crippen LogP contribution is 2.34. The summed E-state index contributed by atoms with van der Waals surface area (Å²) in [7, 11) is 1.28. The molecule has 3 rings (SSSR count). The first-order chi connectivity index (χ1) is 15.2. The number of rotatable bonds is 7. The van der Waals surface area contributed by atoms with Crippen LogP contribution in [0.25, 0.3) is 10.9 Å². The van der Waals surface area contributed by atoms with Crippen LogP contribution in [-0.4, -0.2) is 35.6 Å². The lowest BCUT2D eigenvalue weighted by Gasteiger charge is -2.14. The lowest BCUT2D eigenvalue weighted by Crippen LogP contribution is -2.23. The molecule has 0 saturated carbocycles. The summed E-state index contributed by atoms with van der Waals surface area (Å²) >= 11 is 13.1. The first-order valence-electron chi connectivity index (χ1n) is 9.70. The van der Waals surface area contributed by atoms with Gasteiger partial charge < -0.3 is 9.47 Å². The van der Waals surface area contributed by atoms with E-state index in [-0.39, 0.29) is 23.1 Å². The van der Waals surface area contributed by atoms with Crippen LogP contribution in [0.1, 0.15) is 37.6 Å². The van der Waals surface area contributed by atoms with E-state index in [0.29, 0.717) is 32.5 Å². The number of carbonyl (C=O) groups excluding carboxylic acids is 1. The van der Waals surface area contributed by atoms with Gasteiger partial charge in [0.2, 0.25) is 0 Å². The summed E-state index contributed by atoms with van der Waals surface area (Å²) < 4.78 is 12.6. The van der Waals surface area contributed by atoms with E-state index < -0.39 is 5.97 Å². The predicted octanol–water partition coefficient (Wildman–Crippen LogP) is 5.52. The zero-order valence-corrected chi connectivity index (χ0v) is 21.5. The molecule has 0 aliphatic carbocycles. The van der Waals surface area contributed by atoms with E-state index in [4.69, 9.17) is 16.3 Å². The molecule has 0 amide bonds. The standard InChI is InChI=1S/C22H20Br2ClN3O4/c1-4-12(2)21-27-18-6-5-14(23)9-15(18)22(30)28(21)26-10-13-7-16(24)20(17(25)8-13)32-11-19(29)31-3/h5-10,12H,4,11H2,1-3H3/t12-/m0/s1. The minimum absolute atomic E-state index is 0.0253. The van der Waals surface area contributed by atoms with Gasteiger partial charge in [0, 0.05) is 10.4 Å². The van der Waals surface area contributed by atoms with Crippen LogP contribution < -0.4 is 10.3 Å². The fraction of sp³-hybridized carbons (Fsp3) is 0.273. The molecule has 3 aromatic rings. The van der Waals surface area contributed by atoms with E-state index in [0.717, 1.165) is 10.9 Å². The van der Waals surface area contributed by atoms with Gasteiger partial charge in [0.05, 0.1) is 33.7 Å². The third-order valence-electron chi connectivity index (χ3n) is 4.79. The predicted molar refractivity (Wildman–Crippen MR) is 132 cm³/mol. The smallest absolute Gasteiger partial charge is 0.343 e. The molecule has 0 radical (unpaired) electrons. The maximum atomic E-state index is 13.2. The first-order valence-corrected chi connectivity index (χ1v) is 11.7. The van der Waals surface area contributed by atoms with Crippen LogP contribution >= 0.6 is 43.5 Å². The summed E-state index contributed by atoms with van der Waals surface area (Å²) in [4.78, 5) is 29.2. The molecular weight excluding hydrogens is 566 g/mol. The van der Waals surface area contributed by atoms with Crippen molar-refractivity contribution in [2.45, 2.75) is 26.2 Å². The quantitative estimate of drug-likeness (QED) is 0.269. The van der Waals surface area contributed by atoms with Crippen molar-refractivity contribution in [3.05, 3.63) is 66.0 Å². The van der Waals surface area contributed by atoms with Crippen LogP contribution in [0, 0.1) is 0 Å². The molecule has 1 atom stereocenters. The van der Waals surface area contributed by atoms with Gasteiger partial charge in [-0.15, -0.1) is 0 Å². The maximum Gasteiger partial charge on any atom is 0.343 e. The molecule has 1 heterocycles.